The van der Waals surface area contributed by atoms with Crippen molar-refractivity contribution in [3.8, 4) is 5.75 Å². The lowest BCUT2D eigenvalue weighted by Gasteiger charge is -2.10. The number of rotatable bonds is 11. The number of methoxy groups -OCH3 is 2. The summed E-state index contributed by atoms with van der Waals surface area (Å²) in [7, 11) is 3.21. The molecule has 0 aliphatic rings. The number of benzene rings is 2. The molecule has 154 valence electrons. The molecule has 1 aromatic heterocycles. The SMILES string of the molecule is COCC(=O)NCCCCCc1nc2ccccc2n1Cc1ccc(OC)cc1. The van der Waals surface area contributed by atoms with E-state index in [2.05, 4.69) is 40.2 Å². The monoisotopic (exact) mass is 395 g/mol. The third-order valence-electron chi connectivity index (χ3n) is 4.91. The van der Waals surface area contributed by atoms with Crippen LogP contribution >= 0.6 is 0 Å². The number of amides is 1. The van der Waals surface area contributed by atoms with Crippen LogP contribution in [0.4, 0.5) is 0 Å². The van der Waals surface area contributed by atoms with Crippen molar-refractivity contribution < 1.29 is 14.3 Å². The van der Waals surface area contributed by atoms with Crippen molar-refractivity contribution in [3.05, 3.63) is 59.9 Å². The van der Waals surface area contributed by atoms with Gasteiger partial charge in [-0.05, 0) is 42.7 Å². The number of carbonyl (C=O) groups excluding carboxylic acids is 1. The Hall–Kier alpha value is -2.86. The first-order valence-electron chi connectivity index (χ1n) is 10.0. The van der Waals surface area contributed by atoms with E-state index in [-0.39, 0.29) is 12.5 Å². The first-order valence-corrected chi connectivity index (χ1v) is 10.0. The van der Waals surface area contributed by atoms with Crippen molar-refractivity contribution in [1.29, 1.82) is 0 Å². The lowest BCUT2D eigenvalue weighted by atomic mass is 10.1. The van der Waals surface area contributed by atoms with Crippen LogP contribution < -0.4 is 10.1 Å². The Balaban J connectivity index is 1.61. The van der Waals surface area contributed by atoms with Crippen LogP contribution in [-0.4, -0.2) is 42.8 Å². The maximum Gasteiger partial charge on any atom is 0.245 e. The van der Waals surface area contributed by atoms with Crippen molar-refractivity contribution in [2.45, 2.75) is 32.2 Å². The topological polar surface area (TPSA) is 65.4 Å². The fraction of sp³-hybridized carbons (Fsp3) is 0.391. The Morgan fingerprint density at radius 1 is 1.03 bits per heavy atom. The van der Waals surface area contributed by atoms with Crippen molar-refractivity contribution >= 4 is 16.9 Å². The number of fused-ring (bicyclic) bond motifs is 1. The minimum atomic E-state index is -0.0613. The van der Waals surface area contributed by atoms with E-state index in [0.717, 1.165) is 54.8 Å². The smallest absolute Gasteiger partial charge is 0.245 e. The molecular weight excluding hydrogens is 366 g/mol. The first kappa shape index (κ1) is 20.9. The number of nitrogens with one attached hydrogen (secondary N) is 1. The third-order valence-corrected chi connectivity index (χ3v) is 4.91. The third kappa shape index (κ3) is 5.81. The van der Waals surface area contributed by atoms with Gasteiger partial charge in [0.15, 0.2) is 0 Å². The van der Waals surface area contributed by atoms with Crippen molar-refractivity contribution in [2.75, 3.05) is 27.4 Å². The minimum Gasteiger partial charge on any atom is -0.497 e. The lowest BCUT2D eigenvalue weighted by Crippen LogP contribution is -2.27. The largest absolute Gasteiger partial charge is 0.497 e. The van der Waals surface area contributed by atoms with Gasteiger partial charge in [-0.1, -0.05) is 30.7 Å². The number of nitrogens with zero attached hydrogens (tertiary/aromatic N) is 2. The van der Waals surface area contributed by atoms with Gasteiger partial charge in [0.2, 0.25) is 5.91 Å². The molecule has 3 aromatic rings. The van der Waals surface area contributed by atoms with Crippen LogP contribution in [0.25, 0.3) is 11.0 Å². The maximum absolute atomic E-state index is 11.4. The maximum atomic E-state index is 11.4. The van der Waals surface area contributed by atoms with Gasteiger partial charge in [-0.25, -0.2) is 4.98 Å². The summed E-state index contributed by atoms with van der Waals surface area (Å²) in [5, 5.41) is 2.86. The van der Waals surface area contributed by atoms with E-state index in [4.69, 9.17) is 14.5 Å². The molecule has 0 unspecified atom stereocenters. The first-order chi connectivity index (χ1) is 14.2. The standard InChI is InChI=1S/C23H29N3O3/c1-28-17-23(27)24-15-7-3-4-10-22-25-20-8-5-6-9-21(20)26(22)16-18-11-13-19(29-2)14-12-18/h5-6,8-9,11-14H,3-4,7,10,15-17H2,1-2H3,(H,24,27). The summed E-state index contributed by atoms with van der Waals surface area (Å²) >= 11 is 0. The number of imidazole rings is 1. The summed E-state index contributed by atoms with van der Waals surface area (Å²) in [6.45, 7) is 1.59. The molecule has 1 heterocycles. The summed E-state index contributed by atoms with van der Waals surface area (Å²) in [4.78, 5) is 16.3. The number of para-hydroxylation sites is 2. The Morgan fingerprint density at radius 2 is 1.83 bits per heavy atom. The molecule has 0 radical (unpaired) electrons. The zero-order valence-corrected chi connectivity index (χ0v) is 17.2. The van der Waals surface area contributed by atoms with Crippen LogP contribution in [0.1, 0.15) is 30.7 Å². The molecule has 1 N–H and O–H groups in total. The number of hydrogen-bond acceptors (Lipinski definition) is 4. The second-order valence-electron chi connectivity index (χ2n) is 7.04. The fourth-order valence-electron chi connectivity index (χ4n) is 3.40. The number of hydrogen-bond donors (Lipinski definition) is 1. The molecule has 2 aromatic carbocycles. The average Bonchev–Trinajstić information content (AvgIpc) is 3.09. The summed E-state index contributed by atoms with van der Waals surface area (Å²) in [6.07, 6.45) is 3.94. The second kappa shape index (κ2) is 10.6. The van der Waals surface area contributed by atoms with Gasteiger partial charge in [0.05, 0.1) is 18.1 Å². The molecule has 0 aliphatic carbocycles. The Morgan fingerprint density at radius 3 is 2.59 bits per heavy atom. The molecule has 0 fully saturated rings. The Bertz CT molecular complexity index is 919. The number of aromatic nitrogens is 2. The predicted octanol–water partition coefficient (Wildman–Crippen LogP) is 3.57. The number of unbranched alkanes of at least 4 members (excludes halogenated alkanes) is 2. The van der Waals surface area contributed by atoms with Crippen LogP contribution in [-0.2, 0) is 22.5 Å². The van der Waals surface area contributed by atoms with E-state index in [1.54, 1.807) is 7.11 Å². The van der Waals surface area contributed by atoms with Gasteiger partial charge in [0.25, 0.3) is 0 Å². The molecular formula is C23H29N3O3. The molecule has 0 aliphatic heterocycles. The summed E-state index contributed by atoms with van der Waals surface area (Å²) < 4.78 is 12.4. The van der Waals surface area contributed by atoms with Gasteiger partial charge in [-0.2, -0.15) is 0 Å². The fourth-order valence-corrected chi connectivity index (χ4v) is 3.40. The molecule has 6 heteroatoms. The van der Waals surface area contributed by atoms with Crippen molar-refractivity contribution in [1.82, 2.24) is 14.9 Å². The van der Waals surface area contributed by atoms with Gasteiger partial charge < -0.3 is 19.4 Å². The van der Waals surface area contributed by atoms with Crippen molar-refractivity contribution in [2.24, 2.45) is 0 Å². The minimum absolute atomic E-state index is 0.0613. The molecule has 0 atom stereocenters. The Kier molecular flexibility index (Phi) is 7.64. The molecule has 29 heavy (non-hydrogen) atoms. The molecule has 0 saturated carbocycles. The molecule has 3 rings (SSSR count). The van der Waals surface area contributed by atoms with Crippen LogP contribution in [0.2, 0.25) is 0 Å². The van der Waals surface area contributed by atoms with Crippen LogP contribution in [0.3, 0.4) is 0 Å². The summed E-state index contributed by atoms with van der Waals surface area (Å²) in [5.74, 6) is 1.90. The Labute approximate surface area is 171 Å². The molecule has 1 amide bonds. The number of carbonyl (C=O) groups is 1. The predicted molar refractivity (Wildman–Crippen MR) is 114 cm³/mol. The highest BCUT2D eigenvalue weighted by Gasteiger charge is 2.11. The molecule has 0 spiro atoms. The number of ether oxygens (including phenoxy) is 2. The molecule has 0 saturated heterocycles. The van der Waals surface area contributed by atoms with Gasteiger partial charge in [-0.3, -0.25) is 4.79 Å². The summed E-state index contributed by atoms with van der Waals surface area (Å²) in [5.41, 5.74) is 3.41. The van der Waals surface area contributed by atoms with Gasteiger partial charge >= 0.3 is 0 Å². The van der Waals surface area contributed by atoms with Crippen LogP contribution in [0.15, 0.2) is 48.5 Å². The van der Waals surface area contributed by atoms with E-state index in [0.29, 0.717) is 6.54 Å². The summed E-state index contributed by atoms with van der Waals surface area (Å²) in [6, 6.07) is 16.5. The second-order valence-corrected chi connectivity index (χ2v) is 7.04. The van der Waals surface area contributed by atoms with Gasteiger partial charge in [-0.15, -0.1) is 0 Å². The van der Waals surface area contributed by atoms with Crippen molar-refractivity contribution in [3.63, 3.8) is 0 Å². The quantitative estimate of drug-likeness (QED) is 0.504. The highest BCUT2D eigenvalue weighted by Crippen LogP contribution is 2.20. The van der Waals surface area contributed by atoms with E-state index in [9.17, 15) is 4.79 Å². The van der Waals surface area contributed by atoms with Crippen LogP contribution in [0, 0.1) is 0 Å². The van der Waals surface area contributed by atoms with E-state index in [1.807, 2.05) is 18.2 Å². The van der Waals surface area contributed by atoms with Gasteiger partial charge in [0.1, 0.15) is 18.2 Å². The zero-order chi connectivity index (χ0) is 20.5. The van der Waals surface area contributed by atoms with E-state index in [1.165, 1.54) is 12.7 Å². The average molecular weight is 396 g/mol. The molecule has 0 bridgehead atoms. The molecule has 6 nitrogen and oxygen atoms in total. The van der Waals surface area contributed by atoms with E-state index >= 15 is 0 Å². The highest BCUT2D eigenvalue weighted by molar-refractivity contribution is 5.77. The van der Waals surface area contributed by atoms with E-state index < -0.39 is 0 Å². The normalized spacial score (nSPS) is 11.0. The number of aryl methyl sites for hydroxylation is 1. The highest BCUT2D eigenvalue weighted by atomic mass is 16.5. The van der Waals surface area contributed by atoms with Crippen LogP contribution in [0.5, 0.6) is 5.75 Å². The zero-order valence-electron chi connectivity index (χ0n) is 17.2. The van der Waals surface area contributed by atoms with Gasteiger partial charge in [0, 0.05) is 26.6 Å². The lowest BCUT2D eigenvalue weighted by molar-refractivity contribution is -0.124.